The summed E-state index contributed by atoms with van der Waals surface area (Å²) in [6.07, 6.45) is -0.611. The van der Waals surface area contributed by atoms with Crippen molar-refractivity contribution in [2.45, 2.75) is 26.4 Å². The lowest BCUT2D eigenvalue weighted by Gasteiger charge is -2.19. The molecule has 6 nitrogen and oxygen atoms in total. The van der Waals surface area contributed by atoms with Crippen LogP contribution in [0.2, 0.25) is 0 Å². The van der Waals surface area contributed by atoms with Gasteiger partial charge in [0.05, 0.1) is 0 Å². The van der Waals surface area contributed by atoms with Gasteiger partial charge in [0.25, 0.3) is 0 Å². The number of nitrogens with zero attached hydrogens (tertiary/aromatic N) is 1. The van der Waals surface area contributed by atoms with Crippen LogP contribution >= 0.6 is 0 Å². The molecule has 0 aliphatic heterocycles. The molecule has 0 aromatic heterocycles. The van der Waals surface area contributed by atoms with Gasteiger partial charge in [-0.25, -0.2) is 4.79 Å². The van der Waals surface area contributed by atoms with Gasteiger partial charge in [0, 0.05) is 25.5 Å². The van der Waals surface area contributed by atoms with Crippen LogP contribution in [-0.4, -0.2) is 38.2 Å². The fraction of sp³-hybridized carbons (Fsp3) is 0.467. The van der Waals surface area contributed by atoms with Crippen LogP contribution in [0.1, 0.15) is 20.8 Å². The maximum Gasteiger partial charge on any atom is 0.408 e. The SMILES string of the molecule is CN(C)c1ccc(NC(=O)CNC(=O)OC(C)(C)C)cc1. The summed E-state index contributed by atoms with van der Waals surface area (Å²) in [6, 6.07) is 7.41. The fourth-order valence-corrected chi connectivity index (χ4v) is 1.51. The first kappa shape index (κ1) is 16.8. The molecule has 0 aliphatic rings. The molecule has 116 valence electrons. The van der Waals surface area contributed by atoms with E-state index >= 15 is 0 Å². The van der Waals surface area contributed by atoms with E-state index in [-0.39, 0.29) is 12.5 Å². The summed E-state index contributed by atoms with van der Waals surface area (Å²) >= 11 is 0. The van der Waals surface area contributed by atoms with E-state index in [1.54, 1.807) is 32.9 Å². The van der Waals surface area contributed by atoms with Crippen molar-refractivity contribution < 1.29 is 14.3 Å². The standard InChI is InChI=1S/C15H23N3O3/c1-15(2,3)21-14(20)16-10-13(19)17-11-6-8-12(9-7-11)18(4)5/h6-9H,10H2,1-5H3,(H,16,20)(H,17,19). The normalized spacial score (nSPS) is 10.7. The van der Waals surface area contributed by atoms with Crippen molar-refractivity contribution in [3.8, 4) is 0 Å². The van der Waals surface area contributed by atoms with Crippen molar-refractivity contribution >= 4 is 23.4 Å². The monoisotopic (exact) mass is 293 g/mol. The molecule has 1 aromatic carbocycles. The van der Waals surface area contributed by atoms with E-state index in [1.807, 2.05) is 31.1 Å². The van der Waals surface area contributed by atoms with Crippen molar-refractivity contribution in [3.63, 3.8) is 0 Å². The van der Waals surface area contributed by atoms with E-state index in [0.29, 0.717) is 5.69 Å². The first-order chi connectivity index (χ1) is 9.67. The van der Waals surface area contributed by atoms with Crippen LogP contribution in [0.3, 0.4) is 0 Å². The van der Waals surface area contributed by atoms with Gasteiger partial charge in [0.2, 0.25) is 5.91 Å². The van der Waals surface area contributed by atoms with Crippen LogP contribution in [0.15, 0.2) is 24.3 Å². The Hall–Kier alpha value is -2.24. The summed E-state index contributed by atoms with van der Waals surface area (Å²) in [7, 11) is 3.89. The highest BCUT2D eigenvalue weighted by atomic mass is 16.6. The van der Waals surface area contributed by atoms with Crippen LogP contribution in [-0.2, 0) is 9.53 Å². The smallest absolute Gasteiger partial charge is 0.408 e. The molecule has 1 aromatic rings. The first-order valence-electron chi connectivity index (χ1n) is 6.71. The summed E-state index contributed by atoms with van der Waals surface area (Å²) in [5.74, 6) is -0.307. The zero-order valence-electron chi connectivity index (χ0n) is 13.2. The molecule has 0 bridgehead atoms. The van der Waals surface area contributed by atoms with Crippen molar-refractivity contribution in [3.05, 3.63) is 24.3 Å². The van der Waals surface area contributed by atoms with E-state index in [1.165, 1.54) is 0 Å². The van der Waals surface area contributed by atoms with E-state index in [2.05, 4.69) is 10.6 Å². The second kappa shape index (κ2) is 6.97. The predicted octanol–water partition coefficient (Wildman–Crippen LogP) is 2.22. The minimum Gasteiger partial charge on any atom is -0.444 e. The van der Waals surface area contributed by atoms with Crippen LogP contribution in [0, 0.1) is 0 Å². The minimum absolute atomic E-state index is 0.135. The highest BCUT2D eigenvalue weighted by molar-refractivity contribution is 5.94. The number of alkyl carbamates (subject to hydrolysis) is 1. The number of ether oxygens (including phenoxy) is 1. The maximum atomic E-state index is 11.7. The van der Waals surface area contributed by atoms with Gasteiger partial charge in [-0.3, -0.25) is 4.79 Å². The van der Waals surface area contributed by atoms with Crippen LogP contribution in [0.4, 0.5) is 16.2 Å². The number of amides is 2. The third kappa shape index (κ3) is 6.65. The third-order valence-electron chi connectivity index (χ3n) is 2.46. The molecule has 0 radical (unpaired) electrons. The summed E-state index contributed by atoms with van der Waals surface area (Å²) in [6.45, 7) is 5.15. The number of hydrogen-bond donors (Lipinski definition) is 2. The molecule has 1 rings (SSSR count). The van der Waals surface area contributed by atoms with E-state index < -0.39 is 11.7 Å². The van der Waals surface area contributed by atoms with Gasteiger partial charge in [-0.05, 0) is 45.0 Å². The second-order valence-electron chi connectivity index (χ2n) is 5.84. The Morgan fingerprint density at radius 2 is 1.71 bits per heavy atom. The molecule has 0 heterocycles. The molecule has 0 atom stereocenters. The number of rotatable bonds is 4. The van der Waals surface area contributed by atoms with E-state index in [0.717, 1.165) is 5.69 Å². The minimum atomic E-state index is -0.611. The van der Waals surface area contributed by atoms with Crippen LogP contribution in [0.5, 0.6) is 0 Å². The Balaban J connectivity index is 2.42. The summed E-state index contributed by atoms with van der Waals surface area (Å²) in [4.78, 5) is 25.1. The van der Waals surface area contributed by atoms with Gasteiger partial charge in [-0.2, -0.15) is 0 Å². The quantitative estimate of drug-likeness (QED) is 0.893. The number of nitrogens with one attached hydrogen (secondary N) is 2. The lowest BCUT2D eigenvalue weighted by atomic mass is 10.2. The molecule has 0 spiro atoms. The average Bonchev–Trinajstić information content (AvgIpc) is 2.35. The van der Waals surface area contributed by atoms with E-state index in [4.69, 9.17) is 4.74 Å². The zero-order chi connectivity index (χ0) is 16.0. The lowest BCUT2D eigenvalue weighted by Crippen LogP contribution is -2.37. The Morgan fingerprint density at radius 3 is 2.19 bits per heavy atom. The van der Waals surface area contributed by atoms with Crippen molar-refractivity contribution in [2.24, 2.45) is 0 Å². The van der Waals surface area contributed by atoms with Gasteiger partial charge in [0.15, 0.2) is 0 Å². The number of anilines is 2. The molecular formula is C15H23N3O3. The van der Waals surface area contributed by atoms with E-state index in [9.17, 15) is 9.59 Å². The molecule has 2 N–H and O–H groups in total. The summed E-state index contributed by atoms with van der Waals surface area (Å²) in [5, 5.41) is 5.11. The molecule has 21 heavy (non-hydrogen) atoms. The van der Waals surface area contributed by atoms with Crippen molar-refractivity contribution in [1.82, 2.24) is 5.32 Å². The maximum absolute atomic E-state index is 11.7. The number of carbonyl (C=O) groups excluding carboxylic acids is 2. The molecule has 0 saturated heterocycles. The number of benzene rings is 1. The molecule has 0 unspecified atom stereocenters. The van der Waals surface area contributed by atoms with Crippen LogP contribution in [0.25, 0.3) is 0 Å². The Kier molecular flexibility index (Phi) is 5.58. The largest absolute Gasteiger partial charge is 0.444 e. The first-order valence-corrected chi connectivity index (χ1v) is 6.71. The second-order valence-corrected chi connectivity index (χ2v) is 5.84. The molecule has 2 amide bonds. The number of carbonyl (C=O) groups is 2. The molecule has 0 aliphatic carbocycles. The van der Waals surface area contributed by atoms with Crippen molar-refractivity contribution in [1.29, 1.82) is 0 Å². The topological polar surface area (TPSA) is 70.7 Å². The van der Waals surface area contributed by atoms with Gasteiger partial charge in [-0.15, -0.1) is 0 Å². The van der Waals surface area contributed by atoms with Gasteiger partial charge in [-0.1, -0.05) is 0 Å². The highest BCUT2D eigenvalue weighted by Gasteiger charge is 2.16. The van der Waals surface area contributed by atoms with Gasteiger partial charge in [0.1, 0.15) is 12.1 Å². The third-order valence-corrected chi connectivity index (χ3v) is 2.46. The highest BCUT2D eigenvalue weighted by Crippen LogP contribution is 2.15. The van der Waals surface area contributed by atoms with Gasteiger partial charge < -0.3 is 20.3 Å². The lowest BCUT2D eigenvalue weighted by molar-refractivity contribution is -0.115. The zero-order valence-corrected chi connectivity index (χ0v) is 13.2. The molecule has 6 heteroatoms. The Morgan fingerprint density at radius 1 is 1.14 bits per heavy atom. The fourth-order valence-electron chi connectivity index (χ4n) is 1.51. The van der Waals surface area contributed by atoms with Gasteiger partial charge >= 0.3 is 6.09 Å². The van der Waals surface area contributed by atoms with Crippen LogP contribution < -0.4 is 15.5 Å². The summed E-state index contributed by atoms with van der Waals surface area (Å²) in [5.41, 5.74) is 1.14. The number of hydrogen-bond acceptors (Lipinski definition) is 4. The van der Waals surface area contributed by atoms with Crippen molar-refractivity contribution in [2.75, 3.05) is 30.9 Å². The molecule has 0 saturated carbocycles. The average molecular weight is 293 g/mol. The molecule has 0 fully saturated rings. The summed E-state index contributed by atoms with van der Waals surface area (Å²) < 4.78 is 5.04. The molecular weight excluding hydrogens is 270 g/mol. The Bertz CT molecular complexity index is 490. The predicted molar refractivity (Wildman–Crippen MR) is 83.6 cm³/mol. The Labute approximate surface area is 125 Å².